The van der Waals surface area contributed by atoms with Crippen LogP contribution in [0.4, 0.5) is 0 Å². The molecule has 0 saturated heterocycles. The second kappa shape index (κ2) is 11.5. The Kier molecular flexibility index (Phi) is 6.53. The van der Waals surface area contributed by atoms with Crippen LogP contribution in [0.2, 0.25) is 0 Å². The van der Waals surface area contributed by atoms with Crippen LogP contribution in [0.25, 0.3) is 89.5 Å². The summed E-state index contributed by atoms with van der Waals surface area (Å²) in [6.07, 6.45) is 0.781. The smallest absolute Gasteiger partial charge is 0.164 e. The molecule has 9 aromatic rings. The van der Waals surface area contributed by atoms with Crippen molar-refractivity contribution in [2.24, 2.45) is 0 Å². The number of fused-ring (bicyclic) bond motifs is 8. The summed E-state index contributed by atoms with van der Waals surface area (Å²) >= 11 is 0. The van der Waals surface area contributed by atoms with Crippen molar-refractivity contribution in [2.45, 2.75) is 6.42 Å². The van der Waals surface area contributed by atoms with Gasteiger partial charge in [0.25, 0.3) is 0 Å². The first-order valence-corrected chi connectivity index (χ1v) is 16.9. The van der Waals surface area contributed by atoms with Crippen molar-refractivity contribution in [2.75, 3.05) is 0 Å². The first-order chi connectivity index (χ1) is 24.8. The molecular weight excluding hydrogens is 611 g/mol. The largest absolute Gasteiger partial charge is 0.456 e. The highest BCUT2D eigenvalue weighted by Gasteiger charge is 2.24. The Morgan fingerprint density at radius 3 is 1.62 bits per heavy atom. The minimum absolute atomic E-state index is 0.652. The molecule has 7 aromatic carbocycles. The number of furan rings is 1. The highest BCUT2D eigenvalue weighted by molar-refractivity contribution is 6.13. The molecule has 0 atom stereocenters. The maximum absolute atomic E-state index is 6.31. The van der Waals surface area contributed by atoms with Gasteiger partial charge in [0, 0.05) is 27.5 Å². The molecular formula is C46H29N3O. The predicted molar refractivity (Wildman–Crippen MR) is 203 cm³/mol. The first-order valence-electron chi connectivity index (χ1n) is 16.9. The van der Waals surface area contributed by atoms with Gasteiger partial charge in [0.15, 0.2) is 17.5 Å². The van der Waals surface area contributed by atoms with Crippen molar-refractivity contribution in [1.29, 1.82) is 0 Å². The Morgan fingerprint density at radius 1 is 0.380 bits per heavy atom. The maximum atomic E-state index is 6.31. The summed E-state index contributed by atoms with van der Waals surface area (Å²) in [6, 6.07) is 57.1. The molecule has 4 heteroatoms. The molecule has 0 amide bonds. The van der Waals surface area contributed by atoms with Crippen LogP contribution in [0, 0.1) is 0 Å². The molecule has 0 radical (unpaired) electrons. The zero-order chi connectivity index (χ0) is 33.0. The van der Waals surface area contributed by atoms with Gasteiger partial charge in [0.2, 0.25) is 0 Å². The number of rotatable bonds is 4. The van der Waals surface area contributed by atoms with Gasteiger partial charge in [-0.1, -0.05) is 146 Å². The van der Waals surface area contributed by atoms with E-state index in [4.69, 9.17) is 19.4 Å². The van der Waals surface area contributed by atoms with Gasteiger partial charge >= 0.3 is 0 Å². The van der Waals surface area contributed by atoms with Crippen LogP contribution in [0.15, 0.2) is 168 Å². The highest BCUT2D eigenvalue weighted by Crippen LogP contribution is 2.46. The normalized spacial score (nSPS) is 11.9. The molecule has 2 aromatic heterocycles. The van der Waals surface area contributed by atoms with E-state index in [1.165, 1.54) is 44.5 Å². The van der Waals surface area contributed by atoms with Crippen molar-refractivity contribution in [1.82, 2.24) is 15.0 Å². The molecule has 1 aliphatic carbocycles. The van der Waals surface area contributed by atoms with Gasteiger partial charge in [-0.25, -0.2) is 15.0 Å². The Balaban J connectivity index is 1.16. The quantitative estimate of drug-likeness (QED) is 0.192. The lowest BCUT2D eigenvalue weighted by Crippen LogP contribution is -2.01. The van der Waals surface area contributed by atoms with Gasteiger partial charge in [-0.2, -0.15) is 0 Å². The number of para-hydroxylation sites is 1. The van der Waals surface area contributed by atoms with Gasteiger partial charge in [0.05, 0.1) is 0 Å². The molecule has 10 rings (SSSR count). The van der Waals surface area contributed by atoms with E-state index in [9.17, 15) is 0 Å². The maximum Gasteiger partial charge on any atom is 0.164 e. The number of nitrogens with zero attached hydrogens (tertiary/aromatic N) is 3. The second-order valence-corrected chi connectivity index (χ2v) is 12.7. The third kappa shape index (κ3) is 4.65. The van der Waals surface area contributed by atoms with E-state index in [0.29, 0.717) is 17.5 Å². The van der Waals surface area contributed by atoms with Gasteiger partial charge < -0.3 is 4.42 Å². The van der Waals surface area contributed by atoms with Crippen LogP contribution < -0.4 is 0 Å². The van der Waals surface area contributed by atoms with E-state index in [-0.39, 0.29) is 0 Å². The van der Waals surface area contributed by atoms with Gasteiger partial charge in [0.1, 0.15) is 11.2 Å². The molecule has 0 saturated carbocycles. The van der Waals surface area contributed by atoms with Crippen LogP contribution in [-0.4, -0.2) is 15.0 Å². The van der Waals surface area contributed by atoms with Crippen LogP contribution in [-0.2, 0) is 6.42 Å². The topological polar surface area (TPSA) is 51.8 Å². The summed E-state index contributed by atoms with van der Waals surface area (Å²) in [4.78, 5) is 15.0. The molecule has 234 valence electrons. The summed E-state index contributed by atoms with van der Waals surface area (Å²) in [5, 5.41) is 2.29. The molecule has 4 nitrogen and oxygen atoms in total. The van der Waals surface area contributed by atoms with Crippen molar-refractivity contribution in [3.8, 4) is 67.5 Å². The molecule has 0 unspecified atom stereocenters. The van der Waals surface area contributed by atoms with Crippen LogP contribution in [0.1, 0.15) is 11.1 Å². The second-order valence-electron chi connectivity index (χ2n) is 12.7. The standard InChI is InChI=1S/C46H29N3O/c1-3-13-29(14-4-1)44-47-45(30-15-5-2-6-16-30)49-46(48-44)32-26-25-31-27-40-35(33-17-7-8-18-34(33)39(31)28-32)20-11-21-36(40)37-22-12-24-42-43(37)38-19-9-10-23-41(38)50-42/h1-26,28H,27H2. The van der Waals surface area contributed by atoms with E-state index in [1.807, 2.05) is 72.8 Å². The summed E-state index contributed by atoms with van der Waals surface area (Å²) in [5.41, 5.74) is 14.5. The lowest BCUT2D eigenvalue weighted by molar-refractivity contribution is 0.669. The van der Waals surface area contributed by atoms with E-state index >= 15 is 0 Å². The van der Waals surface area contributed by atoms with Crippen molar-refractivity contribution >= 4 is 21.9 Å². The monoisotopic (exact) mass is 639 g/mol. The predicted octanol–water partition coefficient (Wildman–Crippen LogP) is 11.7. The Hall–Kier alpha value is -6.65. The summed E-state index contributed by atoms with van der Waals surface area (Å²) in [7, 11) is 0. The molecule has 0 spiro atoms. The average molecular weight is 640 g/mol. The van der Waals surface area contributed by atoms with Crippen molar-refractivity contribution in [3.05, 3.63) is 175 Å². The highest BCUT2D eigenvalue weighted by atomic mass is 16.3. The fourth-order valence-corrected chi connectivity index (χ4v) is 7.48. The fourth-order valence-electron chi connectivity index (χ4n) is 7.48. The molecule has 0 bridgehead atoms. The Bertz CT molecular complexity index is 2670. The van der Waals surface area contributed by atoms with Gasteiger partial charge in [-0.3, -0.25) is 0 Å². The average Bonchev–Trinajstić information content (AvgIpc) is 3.51. The third-order valence-electron chi connectivity index (χ3n) is 9.81. The van der Waals surface area contributed by atoms with Crippen LogP contribution in [0.5, 0.6) is 0 Å². The lowest BCUT2D eigenvalue weighted by atomic mass is 9.88. The molecule has 0 fully saturated rings. The Labute approximate surface area is 289 Å². The Morgan fingerprint density at radius 2 is 0.900 bits per heavy atom. The van der Waals surface area contributed by atoms with Crippen molar-refractivity contribution in [3.63, 3.8) is 0 Å². The molecule has 0 aliphatic heterocycles. The molecule has 0 N–H and O–H groups in total. The number of hydrogen-bond acceptors (Lipinski definition) is 4. The summed E-state index contributed by atoms with van der Waals surface area (Å²) in [5.74, 6) is 1.96. The zero-order valence-electron chi connectivity index (χ0n) is 27.0. The SMILES string of the molecule is c1ccc(-c2nc(-c3ccccc3)nc(-c3ccc4c(c3)-c3ccccc3-c3cccc(-c5cccc6oc7ccccc7c56)c3C4)n2)cc1. The summed E-state index contributed by atoms with van der Waals surface area (Å²) in [6.45, 7) is 0. The van der Waals surface area contributed by atoms with E-state index < -0.39 is 0 Å². The van der Waals surface area contributed by atoms with Crippen LogP contribution in [0.3, 0.4) is 0 Å². The molecule has 1 aliphatic rings. The minimum atomic E-state index is 0.652. The molecule has 2 heterocycles. The minimum Gasteiger partial charge on any atom is -0.456 e. The number of benzene rings is 7. The van der Waals surface area contributed by atoms with Crippen LogP contribution >= 0.6 is 0 Å². The van der Waals surface area contributed by atoms with Gasteiger partial charge in [-0.15, -0.1) is 0 Å². The third-order valence-corrected chi connectivity index (χ3v) is 9.81. The fraction of sp³-hybridized carbons (Fsp3) is 0.0217. The lowest BCUT2D eigenvalue weighted by Gasteiger charge is -2.15. The van der Waals surface area contributed by atoms with E-state index in [1.54, 1.807) is 0 Å². The van der Waals surface area contributed by atoms with E-state index in [0.717, 1.165) is 45.0 Å². The zero-order valence-corrected chi connectivity index (χ0v) is 27.0. The van der Waals surface area contributed by atoms with Crippen molar-refractivity contribution < 1.29 is 4.42 Å². The van der Waals surface area contributed by atoms with E-state index in [2.05, 4.69) is 91.0 Å². The first kappa shape index (κ1) is 28.4. The summed E-state index contributed by atoms with van der Waals surface area (Å²) < 4.78 is 6.31. The number of hydrogen-bond donors (Lipinski definition) is 0. The molecule has 50 heavy (non-hydrogen) atoms. The number of aromatic nitrogens is 3. The van der Waals surface area contributed by atoms with Gasteiger partial charge in [-0.05, 0) is 69.1 Å².